The summed E-state index contributed by atoms with van der Waals surface area (Å²) in [4.78, 5) is 36.9. The van der Waals surface area contributed by atoms with Gasteiger partial charge in [0.05, 0.1) is 18.7 Å². The monoisotopic (exact) mass is 387 g/mol. The van der Waals surface area contributed by atoms with Crippen LogP contribution >= 0.6 is 0 Å². The third-order valence-corrected chi connectivity index (χ3v) is 4.08. The van der Waals surface area contributed by atoms with Gasteiger partial charge in [-0.2, -0.15) is 0 Å². The van der Waals surface area contributed by atoms with Crippen molar-refractivity contribution in [1.82, 2.24) is 15.5 Å². The summed E-state index contributed by atoms with van der Waals surface area (Å²) in [5.41, 5.74) is -0.690. The first-order valence-corrected chi connectivity index (χ1v) is 8.46. The van der Waals surface area contributed by atoms with E-state index in [4.69, 9.17) is 4.74 Å². The number of ether oxygens (including phenoxy) is 1. The second-order valence-electron chi connectivity index (χ2n) is 5.93. The zero-order valence-corrected chi connectivity index (χ0v) is 14.7. The number of nitrogens with one attached hydrogen (secondary N) is 2. The average Bonchev–Trinajstić information content (AvgIpc) is 2.65. The lowest BCUT2D eigenvalue weighted by Gasteiger charge is -2.31. The minimum atomic E-state index is -1.75. The van der Waals surface area contributed by atoms with Gasteiger partial charge in [-0.05, 0) is 31.9 Å². The van der Waals surface area contributed by atoms with Crippen LogP contribution in [0.2, 0.25) is 0 Å². The maximum absolute atomic E-state index is 13.5. The van der Waals surface area contributed by atoms with E-state index >= 15 is 0 Å². The summed E-state index contributed by atoms with van der Waals surface area (Å²) >= 11 is 0. The van der Waals surface area contributed by atoms with Crippen molar-refractivity contribution in [2.24, 2.45) is 0 Å². The Morgan fingerprint density at radius 3 is 2.44 bits per heavy atom. The number of hydrogen-bond donors (Lipinski definition) is 2. The molecule has 0 bridgehead atoms. The quantitative estimate of drug-likeness (QED) is 0.751. The number of likely N-dealkylation sites (tertiary alicyclic amines) is 1. The number of carbonyl (C=O) groups excluding carboxylic acids is 3. The second-order valence-corrected chi connectivity index (χ2v) is 5.93. The lowest BCUT2D eigenvalue weighted by molar-refractivity contribution is -0.121. The molecule has 148 valence electrons. The molecule has 7 nitrogen and oxygen atoms in total. The zero-order valence-electron chi connectivity index (χ0n) is 14.7. The molecule has 0 aliphatic carbocycles. The first-order valence-electron chi connectivity index (χ1n) is 8.46. The van der Waals surface area contributed by atoms with E-state index in [1.807, 2.05) is 0 Å². The van der Waals surface area contributed by atoms with Crippen LogP contribution in [-0.2, 0) is 9.53 Å². The Morgan fingerprint density at radius 1 is 1.15 bits per heavy atom. The fraction of sp³-hybridized carbons (Fsp3) is 0.471. The summed E-state index contributed by atoms with van der Waals surface area (Å²) < 4.78 is 44.5. The van der Waals surface area contributed by atoms with Gasteiger partial charge in [0.2, 0.25) is 5.91 Å². The van der Waals surface area contributed by atoms with Crippen LogP contribution < -0.4 is 10.6 Å². The molecule has 1 fully saturated rings. The van der Waals surface area contributed by atoms with Crippen molar-refractivity contribution in [1.29, 1.82) is 0 Å². The number of rotatable bonds is 5. The van der Waals surface area contributed by atoms with Crippen LogP contribution in [0.3, 0.4) is 0 Å². The van der Waals surface area contributed by atoms with Gasteiger partial charge in [-0.3, -0.25) is 9.59 Å². The van der Waals surface area contributed by atoms with Gasteiger partial charge >= 0.3 is 6.09 Å². The smallest absolute Gasteiger partial charge is 0.409 e. The molecule has 1 saturated heterocycles. The highest BCUT2D eigenvalue weighted by molar-refractivity contribution is 5.96. The molecule has 0 unspecified atom stereocenters. The van der Waals surface area contributed by atoms with E-state index in [0.717, 1.165) is 6.07 Å². The standard InChI is InChI=1S/C17H20F3N3O4/c1-2-27-17(26)23-7-5-10(6-8-23)22-13(24)9-21-16(25)11-3-4-12(18)15(20)14(11)19/h3-4,10H,2,5-9H2,1H3,(H,21,25)(H,22,24). The predicted molar refractivity (Wildman–Crippen MR) is 88.4 cm³/mol. The summed E-state index contributed by atoms with van der Waals surface area (Å²) in [5, 5.41) is 4.85. The SMILES string of the molecule is CCOC(=O)N1CCC(NC(=O)CNC(=O)c2ccc(F)c(F)c2F)CC1. The summed E-state index contributed by atoms with van der Waals surface area (Å²) in [6, 6.07) is 1.25. The van der Waals surface area contributed by atoms with Crippen LogP contribution in [0.4, 0.5) is 18.0 Å². The van der Waals surface area contributed by atoms with Gasteiger partial charge in [0.25, 0.3) is 5.91 Å². The number of carbonyl (C=O) groups is 3. The normalized spacial score (nSPS) is 14.6. The minimum Gasteiger partial charge on any atom is -0.450 e. The van der Waals surface area contributed by atoms with Crippen LogP contribution in [0.15, 0.2) is 12.1 Å². The first kappa shape index (κ1) is 20.5. The van der Waals surface area contributed by atoms with Crippen molar-refractivity contribution < 1.29 is 32.3 Å². The summed E-state index contributed by atoms with van der Waals surface area (Å²) in [7, 11) is 0. The molecule has 0 saturated carbocycles. The highest BCUT2D eigenvalue weighted by Gasteiger charge is 2.25. The van der Waals surface area contributed by atoms with E-state index in [1.165, 1.54) is 0 Å². The molecule has 10 heteroatoms. The molecule has 0 aromatic heterocycles. The number of hydrogen-bond acceptors (Lipinski definition) is 4. The summed E-state index contributed by atoms with van der Waals surface area (Å²) in [6.45, 7) is 2.40. The van der Waals surface area contributed by atoms with Crippen LogP contribution in [0.5, 0.6) is 0 Å². The highest BCUT2D eigenvalue weighted by atomic mass is 19.2. The van der Waals surface area contributed by atoms with E-state index in [2.05, 4.69) is 10.6 Å². The molecular weight excluding hydrogens is 367 g/mol. The molecule has 3 amide bonds. The zero-order chi connectivity index (χ0) is 20.0. The summed E-state index contributed by atoms with van der Waals surface area (Å²) in [5.74, 6) is -6.31. The molecular formula is C17H20F3N3O4. The molecule has 0 atom stereocenters. The molecule has 1 heterocycles. The van der Waals surface area contributed by atoms with Gasteiger partial charge in [0.15, 0.2) is 17.5 Å². The Balaban J connectivity index is 1.78. The Kier molecular flexibility index (Phi) is 7.03. The van der Waals surface area contributed by atoms with Gasteiger partial charge in [-0.25, -0.2) is 18.0 Å². The number of nitrogens with zero attached hydrogens (tertiary/aromatic N) is 1. The summed E-state index contributed by atoms with van der Waals surface area (Å²) in [6.07, 6.45) is 0.648. The molecule has 2 rings (SSSR count). The molecule has 0 spiro atoms. The Labute approximate surface area is 153 Å². The fourth-order valence-corrected chi connectivity index (χ4v) is 2.66. The van der Waals surface area contributed by atoms with Crippen LogP contribution in [0.25, 0.3) is 0 Å². The van der Waals surface area contributed by atoms with Gasteiger partial charge in [0.1, 0.15) is 0 Å². The molecule has 1 aliphatic heterocycles. The van der Waals surface area contributed by atoms with E-state index in [1.54, 1.807) is 11.8 Å². The largest absolute Gasteiger partial charge is 0.450 e. The van der Waals surface area contributed by atoms with Gasteiger partial charge in [0, 0.05) is 19.1 Å². The van der Waals surface area contributed by atoms with E-state index in [9.17, 15) is 27.6 Å². The number of halogens is 3. The van der Waals surface area contributed by atoms with Crippen LogP contribution in [-0.4, -0.2) is 55.1 Å². The van der Waals surface area contributed by atoms with Crippen LogP contribution in [0.1, 0.15) is 30.1 Å². The molecule has 1 aromatic rings. The lowest BCUT2D eigenvalue weighted by Crippen LogP contribution is -2.48. The van der Waals surface area contributed by atoms with Crippen molar-refractivity contribution in [2.75, 3.05) is 26.2 Å². The maximum atomic E-state index is 13.5. The second kappa shape index (κ2) is 9.24. The first-order chi connectivity index (χ1) is 12.8. The lowest BCUT2D eigenvalue weighted by atomic mass is 10.1. The van der Waals surface area contributed by atoms with Gasteiger partial charge in [-0.15, -0.1) is 0 Å². The van der Waals surface area contributed by atoms with Gasteiger partial charge in [-0.1, -0.05) is 0 Å². The van der Waals surface area contributed by atoms with E-state index in [-0.39, 0.29) is 12.6 Å². The fourth-order valence-electron chi connectivity index (χ4n) is 2.66. The van der Waals surface area contributed by atoms with Crippen molar-refractivity contribution in [3.63, 3.8) is 0 Å². The molecule has 0 radical (unpaired) electrons. The Morgan fingerprint density at radius 2 is 1.81 bits per heavy atom. The van der Waals surface area contributed by atoms with Crippen molar-refractivity contribution in [3.8, 4) is 0 Å². The van der Waals surface area contributed by atoms with Crippen molar-refractivity contribution in [3.05, 3.63) is 35.1 Å². The third-order valence-electron chi connectivity index (χ3n) is 4.08. The van der Waals surface area contributed by atoms with Crippen molar-refractivity contribution >= 4 is 17.9 Å². The molecule has 1 aromatic carbocycles. The Hall–Kier alpha value is -2.78. The highest BCUT2D eigenvalue weighted by Crippen LogP contribution is 2.15. The Bertz CT molecular complexity index is 722. The maximum Gasteiger partial charge on any atom is 0.409 e. The number of piperidine rings is 1. The number of benzene rings is 1. The topological polar surface area (TPSA) is 87.7 Å². The number of amides is 3. The molecule has 27 heavy (non-hydrogen) atoms. The average molecular weight is 387 g/mol. The van der Waals surface area contributed by atoms with Crippen LogP contribution in [0, 0.1) is 17.5 Å². The van der Waals surface area contributed by atoms with Crippen molar-refractivity contribution in [2.45, 2.75) is 25.8 Å². The molecule has 1 aliphatic rings. The van der Waals surface area contributed by atoms with E-state index < -0.39 is 47.5 Å². The van der Waals surface area contributed by atoms with Gasteiger partial charge < -0.3 is 20.3 Å². The third kappa shape index (κ3) is 5.35. The van der Waals surface area contributed by atoms with E-state index in [0.29, 0.717) is 32.0 Å². The predicted octanol–water partition coefficient (Wildman–Crippen LogP) is 1.57. The molecule has 2 N–H and O–H groups in total. The minimum absolute atomic E-state index is 0.180.